The first-order chi connectivity index (χ1) is 14.7. The van der Waals surface area contributed by atoms with Crippen molar-refractivity contribution in [2.75, 3.05) is 0 Å². The molecule has 152 valence electrons. The number of allylic oxidation sites excluding steroid dienone is 1. The molecular formula is C24H22ClN3OS. The summed E-state index contributed by atoms with van der Waals surface area (Å²) < 4.78 is 7.96. The lowest BCUT2D eigenvalue weighted by atomic mass is 10.1. The van der Waals surface area contributed by atoms with Crippen molar-refractivity contribution in [1.29, 1.82) is 0 Å². The van der Waals surface area contributed by atoms with Crippen molar-refractivity contribution in [2.45, 2.75) is 31.0 Å². The zero-order valence-corrected chi connectivity index (χ0v) is 18.3. The molecule has 30 heavy (non-hydrogen) atoms. The van der Waals surface area contributed by atoms with Crippen molar-refractivity contribution in [3.8, 4) is 5.75 Å². The van der Waals surface area contributed by atoms with E-state index >= 15 is 0 Å². The number of fused-ring (bicyclic) bond motifs is 1. The van der Waals surface area contributed by atoms with Crippen LogP contribution >= 0.6 is 23.4 Å². The second-order valence-electron chi connectivity index (χ2n) is 6.95. The second-order valence-corrected chi connectivity index (χ2v) is 8.30. The molecule has 6 heteroatoms. The van der Waals surface area contributed by atoms with E-state index in [1.165, 1.54) is 16.3 Å². The monoisotopic (exact) mass is 435 g/mol. The summed E-state index contributed by atoms with van der Waals surface area (Å²) in [6.07, 6.45) is 1.84. The maximum atomic E-state index is 6.25. The molecule has 1 aromatic heterocycles. The quantitative estimate of drug-likeness (QED) is 0.235. The van der Waals surface area contributed by atoms with Crippen molar-refractivity contribution < 1.29 is 4.74 Å². The van der Waals surface area contributed by atoms with Gasteiger partial charge in [-0.2, -0.15) is 0 Å². The Bertz CT molecular complexity index is 1180. The van der Waals surface area contributed by atoms with Crippen molar-refractivity contribution in [2.24, 2.45) is 0 Å². The van der Waals surface area contributed by atoms with Crippen LogP contribution in [0.4, 0.5) is 0 Å². The van der Waals surface area contributed by atoms with Crippen molar-refractivity contribution in [3.05, 3.63) is 95.3 Å². The van der Waals surface area contributed by atoms with E-state index in [4.69, 9.17) is 16.3 Å². The third kappa shape index (κ3) is 4.53. The SMILES string of the molecule is C=CCn1c(COc2cc(C)ccc2Cl)nnc1SCc1cccc2ccccc12. The minimum absolute atomic E-state index is 0.291. The molecule has 4 nitrogen and oxygen atoms in total. The molecule has 0 amide bonds. The molecule has 1 heterocycles. The Morgan fingerprint density at radius 3 is 2.80 bits per heavy atom. The number of halogens is 1. The Balaban J connectivity index is 1.52. The standard InChI is InChI=1S/C24H22ClN3OS/c1-3-13-28-23(15-29-22-14-17(2)11-12-21(22)25)26-27-24(28)30-16-19-9-6-8-18-7-4-5-10-20(18)19/h3-12,14H,1,13,15-16H2,2H3. The van der Waals surface area contributed by atoms with Gasteiger partial charge in [-0.1, -0.05) is 78.0 Å². The topological polar surface area (TPSA) is 39.9 Å². The summed E-state index contributed by atoms with van der Waals surface area (Å²) in [4.78, 5) is 0. The molecule has 4 aromatic rings. The van der Waals surface area contributed by atoms with Crippen LogP contribution in [0.3, 0.4) is 0 Å². The van der Waals surface area contributed by atoms with E-state index in [0.717, 1.165) is 22.3 Å². The molecule has 0 unspecified atom stereocenters. The van der Waals surface area contributed by atoms with Gasteiger partial charge in [0.05, 0.1) is 5.02 Å². The number of nitrogens with zero attached hydrogens (tertiary/aromatic N) is 3. The number of hydrogen-bond acceptors (Lipinski definition) is 4. The van der Waals surface area contributed by atoms with Crippen LogP contribution in [0.5, 0.6) is 5.75 Å². The third-order valence-electron chi connectivity index (χ3n) is 4.79. The van der Waals surface area contributed by atoms with Crippen LogP contribution in [0.15, 0.2) is 78.5 Å². The summed E-state index contributed by atoms with van der Waals surface area (Å²) in [6, 6.07) is 20.5. The van der Waals surface area contributed by atoms with Gasteiger partial charge in [-0.25, -0.2) is 0 Å². The smallest absolute Gasteiger partial charge is 0.191 e. The average molecular weight is 436 g/mol. The predicted octanol–water partition coefficient (Wildman–Crippen LogP) is 6.45. The highest BCUT2D eigenvalue weighted by Crippen LogP contribution is 2.28. The first-order valence-corrected chi connectivity index (χ1v) is 11.0. The molecule has 0 fully saturated rings. The average Bonchev–Trinajstić information content (AvgIpc) is 3.14. The molecule has 0 bridgehead atoms. The highest BCUT2D eigenvalue weighted by Gasteiger charge is 2.14. The largest absolute Gasteiger partial charge is 0.484 e. The van der Waals surface area contributed by atoms with Gasteiger partial charge >= 0.3 is 0 Å². The lowest BCUT2D eigenvalue weighted by Gasteiger charge is -2.11. The maximum Gasteiger partial charge on any atom is 0.191 e. The van der Waals surface area contributed by atoms with E-state index in [2.05, 4.69) is 59.2 Å². The maximum absolute atomic E-state index is 6.25. The van der Waals surface area contributed by atoms with Crippen LogP contribution < -0.4 is 4.74 Å². The van der Waals surface area contributed by atoms with Crippen molar-refractivity contribution in [1.82, 2.24) is 14.8 Å². The zero-order chi connectivity index (χ0) is 20.9. The summed E-state index contributed by atoms with van der Waals surface area (Å²) in [7, 11) is 0. The molecule has 0 saturated carbocycles. The molecule has 0 aliphatic carbocycles. The lowest BCUT2D eigenvalue weighted by Crippen LogP contribution is -2.07. The number of rotatable bonds is 8. The van der Waals surface area contributed by atoms with Gasteiger partial charge in [0, 0.05) is 12.3 Å². The Labute approximate surface area is 185 Å². The summed E-state index contributed by atoms with van der Waals surface area (Å²) in [6.45, 7) is 6.79. The number of aromatic nitrogens is 3. The molecule has 0 N–H and O–H groups in total. The molecule has 3 aromatic carbocycles. The first kappa shape index (κ1) is 20.5. The molecule has 0 atom stereocenters. The fraction of sp³-hybridized carbons (Fsp3) is 0.167. The molecule has 0 aliphatic heterocycles. The van der Waals surface area contributed by atoms with E-state index in [1.807, 2.05) is 35.8 Å². The van der Waals surface area contributed by atoms with Crippen LogP contribution in [0.1, 0.15) is 17.0 Å². The van der Waals surface area contributed by atoms with Gasteiger partial charge in [0.15, 0.2) is 11.0 Å². The van der Waals surface area contributed by atoms with Gasteiger partial charge in [-0.15, -0.1) is 16.8 Å². The van der Waals surface area contributed by atoms with Crippen molar-refractivity contribution >= 4 is 34.1 Å². The fourth-order valence-electron chi connectivity index (χ4n) is 3.27. The van der Waals surface area contributed by atoms with Crippen LogP contribution in [-0.4, -0.2) is 14.8 Å². The lowest BCUT2D eigenvalue weighted by molar-refractivity contribution is 0.289. The molecular weight excluding hydrogens is 414 g/mol. The number of thioether (sulfide) groups is 1. The van der Waals surface area contributed by atoms with Gasteiger partial charge in [0.2, 0.25) is 0 Å². The summed E-state index contributed by atoms with van der Waals surface area (Å²) >= 11 is 7.91. The molecule has 0 spiro atoms. The minimum Gasteiger partial charge on any atom is -0.484 e. The highest BCUT2D eigenvalue weighted by molar-refractivity contribution is 7.98. The summed E-state index contributed by atoms with van der Waals surface area (Å²) in [5.74, 6) is 2.20. The van der Waals surface area contributed by atoms with Crippen LogP contribution in [0, 0.1) is 6.92 Å². The Morgan fingerprint density at radius 2 is 1.93 bits per heavy atom. The van der Waals surface area contributed by atoms with Gasteiger partial charge in [0.1, 0.15) is 12.4 Å². The van der Waals surface area contributed by atoms with Crippen LogP contribution in [0.2, 0.25) is 5.02 Å². The molecule has 4 rings (SSSR count). The van der Waals surface area contributed by atoms with E-state index in [-0.39, 0.29) is 0 Å². The van der Waals surface area contributed by atoms with Gasteiger partial charge in [-0.3, -0.25) is 4.57 Å². The zero-order valence-electron chi connectivity index (χ0n) is 16.7. The Hall–Kier alpha value is -2.76. The fourth-order valence-corrected chi connectivity index (χ4v) is 4.41. The van der Waals surface area contributed by atoms with Gasteiger partial charge in [0.25, 0.3) is 0 Å². The normalized spacial score (nSPS) is 11.0. The second kappa shape index (κ2) is 9.37. The first-order valence-electron chi connectivity index (χ1n) is 9.67. The predicted molar refractivity (Wildman–Crippen MR) is 124 cm³/mol. The van der Waals surface area contributed by atoms with Crippen LogP contribution in [-0.2, 0) is 18.9 Å². The summed E-state index contributed by atoms with van der Waals surface area (Å²) in [5.41, 5.74) is 2.36. The number of aryl methyl sites for hydroxylation is 1. The molecule has 0 radical (unpaired) electrons. The van der Waals surface area contributed by atoms with Crippen LogP contribution in [0.25, 0.3) is 10.8 Å². The van der Waals surface area contributed by atoms with Gasteiger partial charge in [-0.05, 0) is 41.0 Å². The van der Waals surface area contributed by atoms with Crippen molar-refractivity contribution in [3.63, 3.8) is 0 Å². The van der Waals surface area contributed by atoms with E-state index in [0.29, 0.717) is 23.9 Å². The molecule has 0 saturated heterocycles. The minimum atomic E-state index is 0.291. The van der Waals surface area contributed by atoms with E-state index in [1.54, 1.807) is 11.8 Å². The summed E-state index contributed by atoms with van der Waals surface area (Å²) in [5, 5.41) is 12.7. The Kier molecular flexibility index (Phi) is 6.41. The van der Waals surface area contributed by atoms with E-state index in [9.17, 15) is 0 Å². The molecule has 0 aliphatic rings. The Morgan fingerprint density at radius 1 is 1.10 bits per heavy atom. The van der Waals surface area contributed by atoms with E-state index < -0.39 is 0 Å². The number of ether oxygens (including phenoxy) is 1. The number of benzene rings is 3. The number of hydrogen-bond donors (Lipinski definition) is 0. The third-order valence-corrected chi connectivity index (χ3v) is 6.11. The van der Waals surface area contributed by atoms with Gasteiger partial charge < -0.3 is 4.74 Å². The highest BCUT2D eigenvalue weighted by atomic mass is 35.5.